The average Bonchev–Trinajstić information content (AvgIpc) is 3.15. The second kappa shape index (κ2) is 19.4. The summed E-state index contributed by atoms with van der Waals surface area (Å²) in [6.45, 7) is 6.20. The fraction of sp³-hybridized carbons (Fsp3) is 0.400. The third kappa shape index (κ3) is 11.2. The molecule has 0 spiro atoms. The van der Waals surface area contributed by atoms with Crippen LogP contribution < -0.4 is 20.4 Å². The van der Waals surface area contributed by atoms with E-state index >= 15 is 0 Å². The Kier molecular flexibility index (Phi) is 15.6. The highest BCUT2D eigenvalue weighted by Crippen LogP contribution is 2.62. The molecule has 0 aliphatic carbocycles. The molecule has 0 bridgehead atoms. The second-order valence-corrected chi connectivity index (χ2v) is 17.6. The third-order valence-electron chi connectivity index (χ3n) is 8.87. The van der Waals surface area contributed by atoms with Crippen molar-refractivity contribution in [3.05, 3.63) is 107 Å². The Hall–Kier alpha value is -4.04. The molecule has 0 amide bonds. The molecule has 58 heavy (non-hydrogen) atoms. The fourth-order valence-corrected chi connectivity index (χ4v) is 10.1. The van der Waals surface area contributed by atoms with E-state index < -0.39 is 61.4 Å². The smallest absolute Gasteiger partial charge is 0.378 e. The maximum absolute atomic E-state index is 14.9. The lowest BCUT2D eigenvalue weighted by Gasteiger charge is -2.29. The lowest BCUT2D eigenvalue weighted by atomic mass is 9.93. The average molecular weight is 859 g/mol. The van der Waals surface area contributed by atoms with E-state index in [4.69, 9.17) is 18.1 Å². The van der Waals surface area contributed by atoms with Crippen molar-refractivity contribution in [2.75, 3.05) is 75.1 Å². The van der Waals surface area contributed by atoms with E-state index in [0.717, 1.165) is 23.5 Å². The summed E-state index contributed by atoms with van der Waals surface area (Å²) in [6.07, 6.45) is -10.3. The van der Waals surface area contributed by atoms with Gasteiger partial charge in [0.25, 0.3) is 0 Å². The van der Waals surface area contributed by atoms with Gasteiger partial charge in [0, 0.05) is 50.9 Å². The van der Waals surface area contributed by atoms with Gasteiger partial charge in [-0.05, 0) is 98.5 Å². The molecule has 2 N–H and O–H groups in total. The molecule has 2 unspecified atom stereocenters. The number of alkyl halides is 6. The highest BCUT2D eigenvalue weighted by molar-refractivity contribution is 7.54. The molecular formula is C40H50F6N4O6P2. The maximum Gasteiger partial charge on any atom is 0.417 e. The molecule has 0 saturated heterocycles. The van der Waals surface area contributed by atoms with Crippen LogP contribution in [0.2, 0.25) is 0 Å². The van der Waals surface area contributed by atoms with Crippen LogP contribution in [0.1, 0.15) is 61.5 Å². The van der Waals surface area contributed by atoms with Crippen molar-refractivity contribution in [2.24, 2.45) is 0 Å². The minimum atomic E-state index is -5.13. The predicted octanol–water partition coefficient (Wildman–Crippen LogP) is 12.3. The first-order valence-electron chi connectivity index (χ1n) is 18.5. The zero-order valence-electron chi connectivity index (χ0n) is 33.6. The van der Waals surface area contributed by atoms with Gasteiger partial charge in [0.1, 0.15) is 0 Å². The lowest BCUT2D eigenvalue weighted by Crippen LogP contribution is -2.17. The largest absolute Gasteiger partial charge is 0.417 e. The van der Waals surface area contributed by atoms with Crippen molar-refractivity contribution in [3.63, 3.8) is 0 Å². The number of anilines is 4. The molecule has 4 rings (SSSR count). The monoisotopic (exact) mass is 858 g/mol. The van der Waals surface area contributed by atoms with Gasteiger partial charge in [-0.25, -0.2) is 0 Å². The highest BCUT2D eigenvalue weighted by Gasteiger charge is 2.42. The normalized spacial score (nSPS) is 13.6. The lowest BCUT2D eigenvalue weighted by molar-refractivity contribution is -0.139. The van der Waals surface area contributed by atoms with E-state index in [9.17, 15) is 35.5 Å². The molecule has 4 aromatic carbocycles. The van der Waals surface area contributed by atoms with Gasteiger partial charge < -0.3 is 38.5 Å². The number of halogens is 6. The van der Waals surface area contributed by atoms with Gasteiger partial charge in [0.15, 0.2) is 11.6 Å². The Morgan fingerprint density at radius 3 is 1.05 bits per heavy atom. The molecule has 0 aliphatic rings. The van der Waals surface area contributed by atoms with Gasteiger partial charge in [0.05, 0.1) is 37.6 Å². The molecule has 18 heteroatoms. The number of hydrogen-bond donors (Lipinski definition) is 2. The maximum atomic E-state index is 14.9. The van der Waals surface area contributed by atoms with Gasteiger partial charge in [-0.2, -0.15) is 26.3 Å². The summed E-state index contributed by atoms with van der Waals surface area (Å²) in [6, 6.07) is 19.0. The van der Waals surface area contributed by atoms with Crippen LogP contribution in [0.25, 0.3) is 11.1 Å². The molecule has 10 nitrogen and oxygen atoms in total. The van der Waals surface area contributed by atoms with Crippen molar-refractivity contribution < 1.29 is 53.6 Å². The first-order valence-corrected chi connectivity index (χ1v) is 21.7. The minimum Gasteiger partial charge on any atom is -0.378 e. The molecule has 0 fully saturated rings. The molecule has 4 aromatic rings. The first kappa shape index (κ1) is 46.6. The summed E-state index contributed by atoms with van der Waals surface area (Å²) in [4.78, 5) is 3.65. The van der Waals surface area contributed by atoms with Crippen molar-refractivity contribution >= 4 is 37.9 Å². The molecule has 0 heterocycles. The highest BCUT2D eigenvalue weighted by atomic mass is 31.2. The van der Waals surface area contributed by atoms with Crippen molar-refractivity contribution in [2.45, 2.75) is 51.6 Å². The van der Waals surface area contributed by atoms with Crippen LogP contribution in [-0.4, -0.2) is 54.6 Å². The topological polar surface area (TPSA) is 102 Å². The molecule has 318 valence electrons. The first-order chi connectivity index (χ1) is 27.2. The number of benzene rings is 4. The van der Waals surface area contributed by atoms with E-state index in [1.54, 1.807) is 76.2 Å². The van der Waals surface area contributed by atoms with Gasteiger partial charge in [-0.1, -0.05) is 36.4 Å². The zero-order chi connectivity index (χ0) is 43.1. The van der Waals surface area contributed by atoms with Gasteiger partial charge in [-0.15, -0.1) is 0 Å². The van der Waals surface area contributed by atoms with Gasteiger partial charge >= 0.3 is 27.5 Å². The zero-order valence-corrected chi connectivity index (χ0v) is 35.4. The van der Waals surface area contributed by atoms with Crippen LogP contribution >= 0.6 is 15.2 Å². The van der Waals surface area contributed by atoms with Crippen molar-refractivity contribution in [1.29, 1.82) is 0 Å². The Bertz CT molecular complexity index is 1900. The van der Waals surface area contributed by atoms with E-state index in [2.05, 4.69) is 10.6 Å². The van der Waals surface area contributed by atoms with E-state index in [1.165, 1.54) is 12.1 Å². The van der Waals surface area contributed by atoms with Crippen LogP contribution in [0.4, 0.5) is 49.1 Å². The van der Waals surface area contributed by atoms with E-state index in [1.807, 2.05) is 38.0 Å². The van der Waals surface area contributed by atoms with Crippen LogP contribution in [0.5, 0.6) is 0 Å². The minimum absolute atomic E-state index is 0.0403. The molecule has 2 atom stereocenters. The van der Waals surface area contributed by atoms with Crippen molar-refractivity contribution in [3.8, 4) is 11.1 Å². The number of nitrogens with one attached hydrogen (secondary N) is 2. The summed E-state index contributed by atoms with van der Waals surface area (Å²) in [7, 11) is -0.900. The third-order valence-corrected chi connectivity index (χ3v) is 13.5. The van der Waals surface area contributed by atoms with E-state index in [0.29, 0.717) is 23.3 Å². The van der Waals surface area contributed by atoms with E-state index in [-0.39, 0.29) is 37.8 Å². The van der Waals surface area contributed by atoms with Crippen LogP contribution in [-0.2, 0) is 39.6 Å². The number of hydrogen-bond acceptors (Lipinski definition) is 10. The number of rotatable bonds is 19. The summed E-state index contributed by atoms with van der Waals surface area (Å²) in [5.41, 5.74) is -2.34. The molecule has 0 aliphatic heterocycles. The molecular weight excluding hydrogens is 808 g/mol. The standard InChI is InChI=1S/C40H50F6N4O6P2/c1-9-53-57(51,54-10-2)37(27-13-19-31(20-14-27)49(5)6)47-29-17-23-33(35(25-29)39(41,42)43)34-24-18-30(26-36(34)40(44,45)46)48-38(58(52,55-11-3)56-12-4)28-15-21-32(22-16-28)50(7)8/h13-26,37-38,47-48H,9-12H2,1-8H3. The quantitative estimate of drug-likeness (QED) is 0.0700. The molecule has 0 aromatic heterocycles. The predicted molar refractivity (Wildman–Crippen MR) is 218 cm³/mol. The number of nitrogens with zero attached hydrogens (tertiary/aromatic N) is 2. The van der Waals surface area contributed by atoms with Gasteiger partial charge in [0.2, 0.25) is 0 Å². The second-order valence-electron chi connectivity index (χ2n) is 13.3. The molecule has 0 radical (unpaired) electrons. The summed E-state index contributed by atoms with van der Waals surface area (Å²) in [5, 5.41) is 5.74. The Morgan fingerprint density at radius 1 is 0.517 bits per heavy atom. The van der Waals surface area contributed by atoms with Crippen LogP contribution in [0, 0.1) is 0 Å². The van der Waals surface area contributed by atoms with Crippen molar-refractivity contribution in [1.82, 2.24) is 0 Å². The summed E-state index contributed by atoms with van der Waals surface area (Å²) >= 11 is 0. The summed E-state index contributed by atoms with van der Waals surface area (Å²) < 4.78 is 140. The Balaban J connectivity index is 1.85. The van der Waals surface area contributed by atoms with Crippen LogP contribution in [0.15, 0.2) is 84.9 Å². The molecule has 0 saturated carbocycles. The fourth-order valence-electron chi connectivity index (χ4n) is 6.21. The van der Waals surface area contributed by atoms with Gasteiger partial charge in [-0.3, -0.25) is 9.13 Å². The Labute approximate surface area is 335 Å². The SMILES string of the molecule is CCOP(=O)(OCC)C(Nc1ccc(-c2ccc(NC(c3ccc(N(C)C)cc3)P(=O)(OCC)OCC)cc2C(F)(F)F)c(C(F)(F)F)c1)c1ccc(N(C)C)cc1. The Morgan fingerprint density at radius 2 is 0.810 bits per heavy atom. The summed E-state index contributed by atoms with van der Waals surface area (Å²) in [5.74, 6) is -2.58. The van der Waals surface area contributed by atoms with Crippen LogP contribution in [0.3, 0.4) is 0 Å².